The van der Waals surface area contributed by atoms with Crippen molar-refractivity contribution in [1.82, 2.24) is 4.57 Å². The molecule has 2 rings (SSSR count). The van der Waals surface area contributed by atoms with Crippen molar-refractivity contribution < 1.29 is 9.90 Å². The third-order valence-corrected chi connectivity index (χ3v) is 3.84. The second-order valence-electron chi connectivity index (χ2n) is 5.11. The molecule has 0 fully saturated rings. The van der Waals surface area contributed by atoms with Crippen molar-refractivity contribution in [2.45, 2.75) is 39.7 Å². The Kier molecular flexibility index (Phi) is 4.45. The third-order valence-electron chi connectivity index (χ3n) is 3.84. The van der Waals surface area contributed by atoms with Crippen molar-refractivity contribution >= 4 is 16.9 Å². The molecule has 0 aliphatic rings. The largest absolute Gasteiger partial charge is 0.478 e. The van der Waals surface area contributed by atoms with Crippen LogP contribution < -0.4 is 5.73 Å². The number of aromatic nitrogens is 1. The Morgan fingerprint density at radius 2 is 2.15 bits per heavy atom. The van der Waals surface area contributed by atoms with Crippen LogP contribution >= 0.6 is 0 Å². The van der Waals surface area contributed by atoms with Crippen LogP contribution in [0, 0.1) is 6.92 Å². The van der Waals surface area contributed by atoms with Gasteiger partial charge in [-0.25, -0.2) is 4.79 Å². The van der Waals surface area contributed by atoms with Gasteiger partial charge in [0.2, 0.25) is 0 Å². The summed E-state index contributed by atoms with van der Waals surface area (Å²) >= 11 is 0. The monoisotopic (exact) mass is 274 g/mol. The molecule has 1 aromatic heterocycles. The summed E-state index contributed by atoms with van der Waals surface area (Å²) in [4.78, 5) is 11.5. The zero-order chi connectivity index (χ0) is 14.7. The van der Waals surface area contributed by atoms with Crippen LogP contribution in [0.4, 0.5) is 0 Å². The van der Waals surface area contributed by atoms with Gasteiger partial charge in [-0.05, 0) is 37.5 Å². The van der Waals surface area contributed by atoms with E-state index in [0.29, 0.717) is 12.1 Å². The number of hydrogen-bond acceptors (Lipinski definition) is 2. The van der Waals surface area contributed by atoms with Gasteiger partial charge in [-0.3, -0.25) is 0 Å². The topological polar surface area (TPSA) is 68.2 Å². The van der Waals surface area contributed by atoms with Gasteiger partial charge >= 0.3 is 5.97 Å². The SMILES string of the molecule is CCCCc1c(C)n(CCN)c2cccc(C(=O)O)c12. The third kappa shape index (κ3) is 2.43. The van der Waals surface area contributed by atoms with Crippen molar-refractivity contribution in [3.05, 3.63) is 35.0 Å². The summed E-state index contributed by atoms with van der Waals surface area (Å²) < 4.78 is 2.15. The normalized spacial score (nSPS) is 11.2. The first kappa shape index (κ1) is 14.6. The van der Waals surface area contributed by atoms with E-state index in [1.807, 2.05) is 12.1 Å². The van der Waals surface area contributed by atoms with Crippen molar-refractivity contribution in [2.24, 2.45) is 5.73 Å². The summed E-state index contributed by atoms with van der Waals surface area (Å²) in [5.74, 6) is -0.863. The van der Waals surface area contributed by atoms with Crippen LogP contribution in [-0.4, -0.2) is 22.2 Å². The maximum absolute atomic E-state index is 11.5. The highest BCUT2D eigenvalue weighted by Crippen LogP contribution is 2.30. The van der Waals surface area contributed by atoms with E-state index in [1.165, 1.54) is 0 Å². The zero-order valence-corrected chi connectivity index (χ0v) is 12.1. The quantitative estimate of drug-likeness (QED) is 0.851. The zero-order valence-electron chi connectivity index (χ0n) is 12.1. The van der Waals surface area contributed by atoms with Crippen LogP contribution in [0.25, 0.3) is 10.9 Å². The van der Waals surface area contributed by atoms with Crippen molar-refractivity contribution in [2.75, 3.05) is 6.54 Å². The lowest BCUT2D eigenvalue weighted by atomic mass is 10.0. The lowest BCUT2D eigenvalue weighted by Gasteiger charge is -2.06. The summed E-state index contributed by atoms with van der Waals surface area (Å²) in [5, 5.41) is 10.3. The molecule has 0 aliphatic carbocycles. The number of hydrogen-bond donors (Lipinski definition) is 2. The molecular formula is C16H22N2O2. The number of unbranched alkanes of at least 4 members (excludes halogenated alkanes) is 1. The molecule has 1 aromatic carbocycles. The van der Waals surface area contributed by atoms with Gasteiger partial charge in [0.1, 0.15) is 0 Å². The van der Waals surface area contributed by atoms with Gasteiger partial charge in [-0.1, -0.05) is 19.4 Å². The number of carboxylic acid groups (broad SMARTS) is 1. The molecule has 108 valence electrons. The summed E-state index contributed by atoms with van der Waals surface area (Å²) in [6, 6.07) is 5.48. The Bertz CT molecular complexity index is 629. The van der Waals surface area contributed by atoms with Gasteiger partial charge < -0.3 is 15.4 Å². The van der Waals surface area contributed by atoms with Gasteiger partial charge in [0.25, 0.3) is 0 Å². The minimum atomic E-state index is -0.863. The molecule has 0 aliphatic heterocycles. The smallest absolute Gasteiger partial charge is 0.336 e. The second-order valence-corrected chi connectivity index (χ2v) is 5.11. The van der Waals surface area contributed by atoms with E-state index in [4.69, 9.17) is 5.73 Å². The van der Waals surface area contributed by atoms with E-state index in [2.05, 4.69) is 18.4 Å². The first-order valence-electron chi connectivity index (χ1n) is 7.15. The highest BCUT2D eigenvalue weighted by atomic mass is 16.4. The minimum absolute atomic E-state index is 0.396. The highest BCUT2D eigenvalue weighted by Gasteiger charge is 2.18. The summed E-state index contributed by atoms with van der Waals surface area (Å²) in [6.07, 6.45) is 3.08. The van der Waals surface area contributed by atoms with Crippen molar-refractivity contribution in [1.29, 1.82) is 0 Å². The number of nitrogens with zero attached hydrogens (tertiary/aromatic N) is 1. The van der Waals surface area contributed by atoms with E-state index in [0.717, 1.165) is 48.0 Å². The maximum Gasteiger partial charge on any atom is 0.336 e. The molecule has 0 spiro atoms. The standard InChI is InChI=1S/C16H22N2O2/c1-3-4-6-12-11(2)18(10-9-17)14-8-5-7-13(15(12)14)16(19)20/h5,7-8H,3-4,6,9-10,17H2,1-2H3,(H,19,20). The van der Waals surface area contributed by atoms with Crippen molar-refractivity contribution in [3.8, 4) is 0 Å². The number of carboxylic acids is 1. The van der Waals surface area contributed by atoms with Gasteiger partial charge in [0, 0.05) is 29.7 Å². The molecule has 0 saturated carbocycles. The summed E-state index contributed by atoms with van der Waals surface area (Å²) in [6.45, 7) is 5.48. The Morgan fingerprint density at radius 3 is 2.75 bits per heavy atom. The number of aromatic carboxylic acids is 1. The predicted octanol–water partition coefficient (Wildman–Crippen LogP) is 2.95. The summed E-state index contributed by atoms with van der Waals surface area (Å²) in [5.41, 5.74) is 9.38. The molecule has 0 amide bonds. The fourth-order valence-electron chi connectivity index (χ4n) is 2.86. The molecule has 0 bridgehead atoms. The first-order valence-corrected chi connectivity index (χ1v) is 7.15. The van der Waals surface area contributed by atoms with Gasteiger partial charge in [-0.2, -0.15) is 0 Å². The predicted molar refractivity (Wildman–Crippen MR) is 81.3 cm³/mol. The number of nitrogens with two attached hydrogens (primary N) is 1. The molecule has 0 unspecified atom stereocenters. The van der Waals surface area contributed by atoms with Crippen LogP contribution in [-0.2, 0) is 13.0 Å². The van der Waals surface area contributed by atoms with Crippen LogP contribution in [0.1, 0.15) is 41.4 Å². The Hall–Kier alpha value is -1.81. The average Bonchev–Trinajstić information content (AvgIpc) is 2.70. The van der Waals surface area contributed by atoms with Crippen LogP contribution in [0.15, 0.2) is 18.2 Å². The number of benzene rings is 1. The van der Waals surface area contributed by atoms with Crippen LogP contribution in [0.3, 0.4) is 0 Å². The van der Waals surface area contributed by atoms with Gasteiger partial charge in [-0.15, -0.1) is 0 Å². The van der Waals surface area contributed by atoms with Crippen molar-refractivity contribution in [3.63, 3.8) is 0 Å². The Morgan fingerprint density at radius 1 is 1.40 bits per heavy atom. The van der Waals surface area contributed by atoms with E-state index in [1.54, 1.807) is 6.07 Å². The van der Waals surface area contributed by atoms with E-state index >= 15 is 0 Å². The molecule has 4 heteroatoms. The Labute approximate surface area is 119 Å². The van der Waals surface area contributed by atoms with Gasteiger partial charge in [0.05, 0.1) is 5.56 Å². The number of carbonyl (C=O) groups is 1. The number of fused-ring (bicyclic) bond motifs is 1. The number of rotatable bonds is 6. The van der Waals surface area contributed by atoms with Crippen LogP contribution in [0.2, 0.25) is 0 Å². The Balaban J connectivity index is 2.73. The lowest BCUT2D eigenvalue weighted by Crippen LogP contribution is -2.11. The summed E-state index contributed by atoms with van der Waals surface area (Å²) in [7, 11) is 0. The fourth-order valence-corrected chi connectivity index (χ4v) is 2.86. The molecule has 2 aromatic rings. The van der Waals surface area contributed by atoms with E-state index in [9.17, 15) is 9.90 Å². The average molecular weight is 274 g/mol. The second kappa shape index (κ2) is 6.09. The molecule has 0 radical (unpaired) electrons. The first-order chi connectivity index (χ1) is 9.61. The highest BCUT2D eigenvalue weighted by molar-refractivity contribution is 6.05. The van der Waals surface area contributed by atoms with E-state index < -0.39 is 5.97 Å². The van der Waals surface area contributed by atoms with E-state index in [-0.39, 0.29) is 0 Å². The minimum Gasteiger partial charge on any atom is -0.478 e. The molecule has 4 nitrogen and oxygen atoms in total. The molecule has 3 N–H and O–H groups in total. The lowest BCUT2D eigenvalue weighted by molar-refractivity contribution is 0.0699. The molecule has 0 atom stereocenters. The fraction of sp³-hybridized carbons (Fsp3) is 0.438. The molecule has 20 heavy (non-hydrogen) atoms. The maximum atomic E-state index is 11.5. The molecular weight excluding hydrogens is 252 g/mol. The van der Waals surface area contributed by atoms with Gasteiger partial charge in [0.15, 0.2) is 0 Å². The molecule has 0 saturated heterocycles. The van der Waals surface area contributed by atoms with Crippen LogP contribution in [0.5, 0.6) is 0 Å². The number of aryl methyl sites for hydroxylation is 1. The molecule has 1 heterocycles.